The van der Waals surface area contributed by atoms with Crippen molar-refractivity contribution in [2.24, 2.45) is 0 Å². The lowest BCUT2D eigenvalue weighted by Gasteiger charge is -2.21. The van der Waals surface area contributed by atoms with E-state index in [2.05, 4.69) is 26.7 Å². The summed E-state index contributed by atoms with van der Waals surface area (Å²) < 4.78 is 28.8. The molecule has 0 bridgehead atoms. The second kappa shape index (κ2) is 9.07. The fourth-order valence-electron chi connectivity index (χ4n) is 3.28. The normalized spacial score (nSPS) is 19.5. The average molecular weight is 362 g/mol. The maximum atomic E-state index is 12.2. The largest absolute Gasteiger partial charge is 0.435 e. The number of ether oxygens (including phenoxy) is 1. The zero-order chi connectivity index (χ0) is 18.4. The Morgan fingerprint density at radius 2 is 1.42 bits per heavy atom. The molecule has 0 aromatic heterocycles. The number of β-amino-alcohol motifs (C(OH)–C–C–N with tert-alkyl or cyclic N) is 1. The summed E-state index contributed by atoms with van der Waals surface area (Å²) in [7, 11) is 0. The smallest absolute Gasteiger partial charge is 0.387 e. The van der Waals surface area contributed by atoms with Crippen molar-refractivity contribution < 1.29 is 18.6 Å². The third-order valence-corrected chi connectivity index (χ3v) is 4.47. The highest BCUT2D eigenvalue weighted by Crippen LogP contribution is 2.17. The van der Waals surface area contributed by atoms with Crippen molar-refractivity contribution in [1.29, 1.82) is 0 Å². The highest BCUT2D eigenvalue weighted by molar-refractivity contribution is 5.27. The van der Waals surface area contributed by atoms with Gasteiger partial charge in [-0.05, 0) is 23.3 Å². The molecule has 1 saturated heterocycles. The van der Waals surface area contributed by atoms with E-state index in [9.17, 15) is 13.9 Å². The molecule has 4 nitrogen and oxygen atoms in total. The standard InChI is InChI=1S/C20H24F2N2O2/c21-20(22)26-19-8-6-17(7-9-19)13-24-11-10-23(14-18(25)15-24)12-16-4-2-1-3-5-16/h1-9,18,20,25H,10-15H2. The molecule has 0 amide bonds. The molecular formula is C20H24F2N2O2. The van der Waals surface area contributed by atoms with Crippen LogP contribution in [0, 0.1) is 0 Å². The monoisotopic (exact) mass is 362 g/mol. The van der Waals surface area contributed by atoms with E-state index < -0.39 is 12.7 Å². The molecule has 1 heterocycles. The van der Waals surface area contributed by atoms with Gasteiger partial charge < -0.3 is 9.84 Å². The van der Waals surface area contributed by atoms with Crippen molar-refractivity contribution in [3.8, 4) is 5.75 Å². The predicted molar refractivity (Wildman–Crippen MR) is 96.1 cm³/mol. The fourth-order valence-corrected chi connectivity index (χ4v) is 3.28. The first-order valence-electron chi connectivity index (χ1n) is 8.79. The third-order valence-electron chi connectivity index (χ3n) is 4.47. The number of alkyl halides is 2. The molecule has 140 valence electrons. The molecule has 1 fully saturated rings. The molecule has 6 heteroatoms. The number of nitrogens with zero attached hydrogens (tertiary/aromatic N) is 2. The zero-order valence-corrected chi connectivity index (χ0v) is 14.6. The Hall–Kier alpha value is -2.02. The lowest BCUT2D eigenvalue weighted by atomic mass is 10.2. The van der Waals surface area contributed by atoms with Crippen molar-refractivity contribution in [1.82, 2.24) is 9.80 Å². The second-order valence-corrected chi connectivity index (χ2v) is 6.63. The Bertz CT molecular complexity index is 667. The van der Waals surface area contributed by atoms with Crippen LogP contribution in [0.3, 0.4) is 0 Å². The molecule has 1 N–H and O–H groups in total. The molecular weight excluding hydrogens is 338 g/mol. The molecule has 0 spiro atoms. The lowest BCUT2D eigenvalue weighted by molar-refractivity contribution is -0.0498. The van der Waals surface area contributed by atoms with E-state index in [0.717, 1.165) is 25.2 Å². The first kappa shape index (κ1) is 18.8. The summed E-state index contributed by atoms with van der Waals surface area (Å²) in [5, 5.41) is 10.3. The van der Waals surface area contributed by atoms with Crippen LogP contribution in [0.2, 0.25) is 0 Å². The summed E-state index contributed by atoms with van der Waals surface area (Å²) in [6.07, 6.45) is -0.414. The Balaban J connectivity index is 1.55. The maximum Gasteiger partial charge on any atom is 0.387 e. The van der Waals surface area contributed by atoms with E-state index in [4.69, 9.17) is 0 Å². The van der Waals surface area contributed by atoms with Gasteiger partial charge in [0.2, 0.25) is 0 Å². The van der Waals surface area contributed by atoms with E-state index in [-0.39, 0.29) is 5.75 Å². The van der Waals surface area contributed by atoms with Crippen molar-refractivity contribution in [2.75, 3.05) is 26.2 Å². The van der Waals surface area contributed by atoms with Crippen LogP contribution in [-0.2, 0) is 13.1 Å². The van der Waals surface area contributed by atoms with Gasteiger partial charge in [0.1, 0.15) is 5.75 Å². The van der Waals surface area contributed by atoms with Gasteiger partial charge in [-0.25, -0.2) is 0 Å². The number of aliphatic hydroxyl groups excluding tert-OH is 1. The van der Waals surface area contributed by atoms with Crippen LogP contribution in [0.15, 0.2) is 54.6 Å². The van der Waals surface area contributed by atoms with Gasteiger partial charge >= 0.3 is 6.61 Å². The van der Waals surface area contributed by atoms with Gasteiger partial charge in [0.05, 0.1) is 6.10 Å². The number of halogens is 2. The summed E-state index contributed by atoms with van der Waals surface area (Å²) in [5.41, 5.74) is 2.25. The van der Waals surface area contributed by atoms with Gasteiger partial charge in [-0.15, -0.1) is 0 Å². The first-order chi connectivity index (χ1) is 12.6. The number of hydrogen-bond acceptors (Lipinski definition) is 4. The van der Waals surface area contributed by atoms with E-state index in [0.29, 0.717) is 19.6 Å². The summed E-state index contributed by atoms with van der Waals surface area (Å²) in [6, 6.07) is 16.9. The summed E-state index contributed by atoms with van der Waals surface area (Å²) >= 11 is 0. The highest BCUT2D eigenvalue weighted by Gasteiger charge is 2.21. The minimum Gasteiger partial charge on any atom is -0.435 e. The van der Waals surface area contributed by atoms with Crippen LogP contribution in [-0.4, -0.2) is 53.8 Å². The van der Waals surface area contributed by atoms with Crippen molar-refractivity contribution in [2.45, 2.75) is 25.8 Å². The van der Waals surface area contributed by atoms with Crippen molar-refractivity contribution in [3.05, 3.63) is 65.7 Å². The molecule has 26 heavy (non-hydrogen) atoms. The molecule has 0 saturated carbocycles. The SMILES string of the molecule is OC1CN(Cc2ccccc2)CCN(Cc2ccc(OC(F)F)cc2)C1. The molecule has 0 radical (unpaired) electrons. The van der Waals surface area contributed by atoms with E-state index in [1.54, 1.807) is 24.3 Å². The predicted octanol–water partition coefficient (Wildman–Crippen LogP) is 2.97. The molecule has 1 aliphatic rings. The molecule has 3 rings (SSSR count). The van der Waals surface area contributed by atoms with Crippen LogP contribution in [0.1, 0.15) is 11.1 Å². The third kappa shape index (κ3) is 5.76. The van der Waals surface area contributed by atoms with Crippen LogP contribution in [0.4, 0.5) is 8.78 Å². The number of aliphatic hydroxyl groups is 1. The summed E-state index contributed by atoms with van der Waals surface area (Å²) in [5.74, 6) is 0.161. The summed E-state index contributed by atoms with van der Waals surface area (Å²) in [6.45, 7) is 1.65. The molecule has 1 atom stereocenters. The molecule has 2 aromatic rings. The highest BCUT2D eigenvalue weighted by atomic mass is 19.3. The zero-order valence-electron chi connectivity index (χ0n) is 14.6. The fraction of sp³-hybridized carbons (Fsp3) is 0.400. The van der Waals surface area contributed by atoms with E-state index in [1.165, 1.54) is 5.56 Å². The van der Waals surface area contributed by atoms with Crippen LogP contribution >= 0.6 is 0 Å². The second-order valence-electron chi connectivity index (χ2n) is 6.63. The molecule has 2 aromatic carbocycles. The van der Waals surface area contributed by atoms with Gasteiger partial charge in [0, 0.05) is 39.3 Å². The van der Waals surface area contributed by atoms with Crippen LogP contribution in [0.25, 0.3) is 0 Å². The topological polar surface area (TPSA) is 35.9 Å². The summed E-state index contributed by atoms with van der Waals surface area (Å²) in [4.78, 5) is 4.46. The van der Waals surface area contributed by atoms with Gasteiger partial charge in [-0.3, -0.25) is 9.80 Å². The number of rotatable bonds is 6. The average Bonchev–Trinajstić information content (AvgIpc) is 2.78. The minimum absolute atomic E-state index is 0.161. The Morgan fingerprint density at radius 1 is 0.885 bits per heavy atom. The first-order valence-corrected chi connectivity index (χ1v) is 8.79. The van der Waals surface area contributed by atoms with Crippen LogP contribution in [0.5, 0.6) is 5.75 Å². The van der Waals surface area contributed by atoms with Crippen LogP contribution < -0.4 is 4.74 Å². The maximum absolute atomic E-state index is 12.2. The molecule has 0 aliphatic carbocycles. The van der Waals surface area contributed by atoms with Gasteiger partial charge in [0.25, 0.3) is 0 Å². The quantitative estimate of drug-likeness (QED) is 0.857. The van der Waals surface area contributed by atoms with Gasteiger partial charge in [-0.2, -0.15) is 8.78 Å². The number of hydrogen-bond donors (Lipinski definition) is 1. The minimum atomic E-state index is -2.81. The molecule has 1 aliphatic heterocycles. The van der Waals surface area contributed by atoms with E-state index in [1.807, 2.05) is 18.2 Å². The lowest BCUT2D eigenvalue weighted by Crippen LogP contribution is -2.33. The van der Waals surface area contributed by atoms with Crippen molar-refractivity contribution in [3.63, 3.8) is 0 Å². The Morgan fingerprint density at radius 3 is 1.96 bits per heavy atom. The Labute approximate surface area is 152 Å². The number of benzene rings is 2. The molecule has 1 unspecified atom stereocenters. The Kier molecular flexibility index (Phi) is 6.55. The van der Waals surface area contributed by atoms with Gasteiger partial charge in [-0.1, -0.05) is 42.5 Å². The van der Waals surface area contributed by atoms with Crippen molar-refractivity contribution >= 4 is 0 Å². The van der Waals surface area contributed by atoms with E-state index >= 15 is 0 Å². The van der Waals surface area contributed by atoms with Gasteiger partial charge in [0.15, 0.2) is 0 Å².